The molecule has 21 heavy (non-hydrogen) atoms. The number of rotatable bonds is 3. The van der Waals surface area contributed by atoms with Gasteiger partial charge < -0.3 is 9.63 Å². The molecule has 0 radical (unpaired) electrons. The topological polar surface area (TPSA) is 49.5 Å². The van der Waals surface area contributed by atoms with E-state index in [1.807, 2.05) is 25.1 Å². The third-order valence-electron chi connectivity index (χ3n) is 4.13. The summed E-state index contributed by atoms with van der Waals surface area (Å²) in [6.45, 7) is 3.85. The Bertz CT molecular complexity index is 594. The van der Waals surface area contributed by atoms with Crippen molar-refractivity contribution >= 4 is 0 Å². The first-order chi connectivity index (χ1) is 10.2. The van der Waals surface area contributed by atoms with E-state index in [1.165, 1.54) is 19.3 Å². The lowest BCUT2D eigenvalue weighted by atomic mass is 10.1. The van der Waals surface area contributed by atoms with Crippen molar-refractivity contribution in [2.45, 2.75) is 45.2 Å². The van der Waals surface area contributed by atoms with E-state index in [2.05, 4.69) is 16.1 Å². The molecule has 0 aliphatic carbocycles. The van der Waals surface area contributed by atoms with E-state index in [9.17, 15) is 5.11 Å². The third kappa shape index (κ3) is 3.45. The van der Waals surface area contributed by atoms with E-state index in [-0.39, 0.29) is 6.04 Å². The lowest BCUT2D eigenvalue weighted by Gasteiger charge is -2.28. The molecular formula is C17H22N2O2. The average molecular weight is 286 g/mol. The van der Waals surface area contributed by atoms with Crippen molar-refractivity contribution in [3.05, 3.63) is 47.3 Å². The van der Waals surface area contributed by atoms with Crippen LogP contribution in [0.4, 0.5) is 0 Å². The van der Waals surface area contributed by atoms with Crippen molar-refractivity contribution in [3.8, 4) is 5.75 Å². The fraction of sp³-hybridized carbons (Fsp3) is 0.471. The number of aryl methyl sites for hydroxylation is 1. The second-order valence-corrected chi connectivity index (χ2v) is 5.88. The lowest BCUT2D eigenvalue weighted by Crippen LogP contribution is -2.27. The number of phenols is 1. The Kier molecular flexibility index (Phi) is 4.25. The number of likely N-dealkylation sites (tertiary alicyclic amines) is 1. The van der Waals surface area contributed by atoms with E-state index >= 15 is 0 Å². The van der Waals surface area contributed by atoms with Gasteiger partial charge in [-0.25, -0.2) is 0 Å². The molecule has 1 aromatic carbocycles. The minimum Gasteiger partial charge on any atom is -0.508 e. The monoisotopic (exact) mass is 286 g/mol. The Labute approximate surface area is 125 Å². The Morgan fingerprint density at radius 2 is 2.19 bits per heavy atom. The second-order valence-electron chi connectivity index (χ2n) is 5.88. The van der Waals surface area contributed by atoms with Crippen LogP contribution >= 0.6 is 0 Å². The number of phenolic OH excluding ortho intramolecular Hbond substituents is 1. The Hall–Kier alpha value is -1.81. The molecule has 1 aromatic heterocycles. The standard InChI is InChI=1S/C17H22N2O2/c1-13-10-17(21-18-13)16-8-3-2-4-9-19(16)12-14-6-5-7-15(20)11-14/h5-7,10-11,16,20H,2-4,8-9,12H2,1H3/t16-/m1/s1. The normalized spacial score (nSPS) is 20.3. The number of hydrogen-bond donors (Lipinski definition) is 1. The first kappa shape index (κ1) is 14.1. The van der Waals surface area contributed by atoms with Gasteiger partial charge in [-0.05, 0) is 44.0 Å². The number of nitrogens with zero attached hydrogens (tertiary/aromatic N) is 2. The molecule has 1 aliphatic rings. The van der Waals surface area contributed by atoms with E-state index in [4.69, 9.17) is 4.52 Å². The highest BCUT2D eigenvalue weighted by Crippen LogP contribution is 2.32. The number of aromatic nitrogens is 1. The van der Waals surface area contributed by atoms with Crippen molar-refractivity contribution in [2.75, 3.05) is 6.54 Å². The zero-order chi connectivity index (χ0) is 14.7. The molecule has 0 amide bonds. The molecule has 1 atom stereocenters. The van der Waals surface area contributed by atoms with Crippen molar-refractivity contribution in [2.24, 2.45) is 0 Å². The van der Waals surface area contributed by atoms with Gasteiger partial charge in [-0.2, -0.15) is 0 Å². The smallest absolute Gasteiger partial charge is 0.154 e. The first-order valence-electron chi connectivity index (χ1n) is 7.67. The highest BCUT2D eigenvalue weighted by molar-refractivity contribution is 5.27. The van der Waals surface area contributed by atoms with Crippen LogP contribution in [0.3, 0.4) is 0 Å². The van der Waals surface area contributed by atoms with Gasteiger partial charge in [-0.1, -0.05) is 30.1 Å². The highest BCUT2D eigenvalue weighted by Gasteiger charge is 2.25. The summed E-state index contributed by atoms with van der Waals surface area (Å²) < 4.78 is 5.51. The fourth-order valence-corrected chi connectivity index (χ4v) is 3.11. The quantitative estimate of drug-likeness (QED) is 0.932. The molecule has 2 aromatic rings. The fourth-order valence-electron chi connectivity index (χ4n) is 3.11. The lowest BCUT2D eigenvalue weighted by molar-refractivity contribution is 0.160. The zero-order valence-electron chi connectivity index (χ0n) is 12.5. The Balaban J connectivity index is 1.81. The number of benzene rings is 1. The van der Waals surface area contributed by atoms with Crippen LogP contribution in [0.25, 0.3) is 0 Å². The van der Waals surface area contributed by atoms with Gasteiger partial charge in [0.25, 0.3) is 0 Å². The molecule has 0 bridgehead atoms. The van der Waals surface area contributed by atoms with Crippen LogP contribution in [0.15, 0.2) is 34.9 Å². The van der Waals surface area contributed by atoms with Crippen LogP contribution in [-0.4, -0.2) is 21.7 Å². The maximum absolute atomic E-state index is 9.64. The van der Waals surface area contributed by atoms with Gasteiger partial charge in [-0.3, -0.25) is 4.90 Å². The summed E-state index contributed by atoms with van der Waals surface area (Å²) in [6.07, 6.45) is 4.80. The molecule has 1 N–H and O–H groups in total. The van der Waals surface area contributed by atoms with Crippen LogP contribution in [0, 0.1) is 6.92 Å². The average Bonchev–Trinajstić information content (AvgIpc) is 2.75. The van der Waals surface area contributed by atoms with Crippen molar-refractivity contribution in [1.82, 2.24) is 10.1 Å². The predicted molar refractivity (Wildman–Crippen MR) is 81.0 cm³/mol. The van der Waals surface area contributed by atoms with Crippen molar-refractivity contribution in [1.29, 1.82) is 0 Å². The van der Waals surface area contributed by atoms with Gasteiger partial charge in [-0.15, -0.1) is 0 Å². The number of aromatic hydroxyl groups is 1. The van der Waals surface area contributed by atoms with E-state index in [0.717, 1.165) is 36.5 Å². The molecule has 1 saturated heterocycles. The maximum Gasteiger partial charge on any atom is 0.154 e. The predicted octanol–water partition coefficient (Wildman–Crippen LogP) is 3.81. The van der Waals surface area contributed by atoms with E-state index in [0.29, 0.717) is 5.75 Å². The number of hydrogen-bond acceptors (Lipinski definition) is 4. The molecule has 112 valence electrons. The molecule has 4 nitrogen and oxygen atoms in total. The minimum atomic E-state index is 0.288. The van der Waals surface area contributed by atoms with Gasteiger partial charge >= 0.3 is 0 Å². The molecular weight excluding hydrogens is 264 g/mol. The van der Waals surface area contributed by atoms with Gasteiger partial charge in [0.05, 0.1) is 11.7 Å². The van der Waals surface area contributed by atoms with Crippen LogP contribution in [-0.2, 0) is 6.54 Å². The largest absolute Gasteiger partial charge is 0.508 e. The van der Waals surface area contributed by atoms with Crippen LogP contribution in [0.5, 0.6) is 5.75 Å². The van der Waals surface area contributed by atoms with Gasteiger partial charge in [0.2, 0.25) is 0 Å². The first-order valence-corrected chi connectivity index (χ1v) is 7.67. The van der Waals surface area contributed by atoms with Gasteiger partial charge in [0, 0.05) is 12.6 Å². The van der Waals surface area contributed by atoms with E-state index < -0.39 is 0 Å². The molecule has 0 saturated carbocycles. The minimum absolute atomic E-state index is 0.288. The molecule has 4 heteroatoms. The third-order valence-corrected chi connectivity index (χ3v) is 4.13. The Morgan fingerprint density at radius 3 is 2.95 bits per heavy atom. The Morgan fingerprint density at radius 1 is 1.29 bits per heavy atom. The molecule has 3 rings (SSSR count). The molecule has 0 spiro atoms. The molecule has 1 aliphatic heterocycles. The summed E-state index contributed by atoms with van der Waals surface area (Å²) >= 11 is 0. The zero-order valence-corrected chi connectivity index (χ0v) is 12.5. The van der Waals surface area contributed by atoms with Crippen LogP contribution in [0.1, 0.15) is 48.7 Å². The summed E-state index contributed by atoms with van der Waals surface area (Å²) in [5.74, 6) is 1.30. The molecule has 1 fully saturated rings. The molecule has 0 unspecified atom stereocenters. The van der Waals surface area contributed by atoms with Crippen molar-refractivity contribution < 1.29 is 9.63 Å². The van der Waals surface area contributed by atoms with Crippen LogP contribution in [0.2, 0.25) is 0 Å². The second kappa shape index (κ2) is 6.31. The summed E-state index contributed by atoms with van der Waals surface area (Å²) in [4.78, 5) is 2.45. The summed E-state index contributed by atoms with van der Waals surface area (Å²) in [5, 5.41) is 13.7. The van der Waals surface area contributed by atoms with Gasteiger partial charge in [0.15, 0.2) is 5.76 Å². The van der Waals surface area contributed by atoms with Gasteiger partial charge in [0.1, 0.15) is 5.75 Å². The highest BCUT2D eigenvalue weighted by atomic mass is 16.5. The summed E-state index contributed by atoms with van der Waals surface area (Å²) in [5.41, 5.74) is 2.07. The van der Waals surface area contributed by atoms with E-state index in [1.54, 1.807) is 6.07 Å². The molecule has 2 heterocycles. The van der Waals surface area contributed by atoms with Crippen molar-refractivity contribution in [3.63, 3.8) is 0 Å². The SMILES string of the molecule is Cc1cc([C@H]2CCCCCN2Cc2cccc(O)c2)on1. The van der Waals surface area contributed by atoms with Crippen LogP contribution < -0.4 is 0 Å². The summed E-state index contributed by atoms with van der Waals surface area (Å²) in [6, 6.07) is 9.85. The maximum atomic E-state index is 9.64. The summed E-state index contributed by atoms with van der Waals surface area (Å²) in [7, 11) is 0.